The highest BCUT2D eigenvalue weighted by Crippen LogP contribution is 2.29. The van der Waals surface area contributed by atoms with Crippen molar-refractivity contribution in [2.45, 2.75) is 16.5 Å². The van der Waals surface area contributed by atoms with Crippen LogP contribution in [0, 0.1) is 5.82 Å². The first-order valence-electron chi connectivity index (χ1n) is 7.58. The largest absolute Gasteiger partial charge is 0.342 e. The van der Waals surface area contributed by atoms with Gasteiger partial charge in [0.25, 0.3) is 0 Å². The molecule has 1 aliphatic heterocycles. The van der Waals surface area contributed by atoms with E-state index in [0.29, 0.717) is 6.42 Å². The summed E-state index contributed by atoms with van der Waals surface area (Å²) in [6.07, 6.45) is 0.347. The second-order valence-electron chi connectivity index (χ2n) is 5.66. The second-order valence-corrected chi connectivity index (χ2v) is 6.84. The Balaban J connectivity index is 1.78. The van der Waals surface area contributed by atoms with Crippen LogP contribution in [0.5, 0.6) is 0 Å². The molecule has 0 bridgehead atoms. The molecule has 1 fully saturated rings. The van der Waals surface area contributed by atoms with E-state index >= 15 is 0 Å². The molecule has 2 amide bonds. The van der Waals surface area contributed by atoms with Gasteiger partial charge in [0.15, 0.2) is 0 Å². The van der Waals surface area contributed by atoms with E-state index < -0.39 is 6.04 Å². The number of nitrogens with zero attached hydrogens (tertiary/aromatic N) is 1. The van der Waals surface area contributed by atoms with Gasteiger partial charge in [-0.3, -0.25) is 9.59 Å². The topological polar surface area (TPSA) is 49.4 Å². The predicted molar refractivity (Wildman–Crippen MR) is 97.0 cm³/mol. The van der Waals surface area contributed by atoms with Crippen LogP contribution < -0.4 is 5.32 Å². The third-order valence-corrected chi connectivity index (χ3v) is 5.32. The molecule has 0 saturated carbocycles. The maximum absolute atomic E-state index is 13.0. The van der Waals surface area contributed by atoms with Crippen LogP contribution in [0.4, 0.5) is 4.39 Å². The molecular weight excluding hydrogens is 422 g/mol. The van der Waals surface area contributed by atoms with Gasteiger partial charge in [0, 0.05) is 6.42 Å². The molecule has 1 saturated heterocycles. The van der Waals surface area contributed by atoms with Gasteiger partial charge in [-0.1, -0.05) is 65.1 Å². The van der Waals surface area contributed by atoms with Crippen molar-refractivity contribution in [3.8, 4) is 0 Å². The first-order valence-corrected chi connectivity index (χ1v) is 8.82. The molecule has 3 rings (SSSR count). The van der Waals surface area contributed by atoms with E-state index in [4.69, 9.17) is 0 Å². The molecule has 0 radical (unpaired) electrons. The van der Waals surface area contributed by atoms with Gasteiger partial charge in [0.05, 0.1) is 0 Å². The number of rotatable bonds is 4. The number of halogens is 2. The lowest BCUT2D eigenvalue weighted by atomic mass is 10.0. The van der Waals surface area contributed by atoms with Gasteiger partial charge in [-0.15, -0.1) is 0 Å². The molecule has 1 aliphatic rings. The molecule has 6 heteroatoms. The van der Waals surface area contributed by atoms with E-state index in [1.165, 1.54) is 12.1 Å². The Morgan fingerprint density at radius 2 is 1.79 bits per heavy atom. The van der Waals surface area contributed by atoms with Gasteiger partial charge in [-0.25, -0.2) is 4.39 Å². The fourth-order valence-electron chi connectivity index (χ4n) is 2.71. The zero-order valence-corrected chi connectivity index (χ0v) is 14.9. The van der Waals surface area contributed by atoms with Crippen LogP contribution in [-0.4, -0.2) is 29.3 Å². The summed E-state index contributed by atoms with van der Waals surface area (Å²) < 4.78 is 12.8. The quantitative estimate of drug-likeness (QED) is 0.454. The fourth-order valence-corrected chi connectivity index (χ4v) is 3.60. The molecule has 24 heavy (non-hydrogen) atoms. The van der Waals surface area contributed by atoms with Crippen molar-refractivity contribution in [1.29, 1.82) is 0 Å². The SMILES string of the molecule is O=C1CN(C(I)c2ccccc2)C(=O)[C@@H](Cc2ccc(F)cc2)N1. The number of amides is 2. The van der Waals surface area contributed by atoms with Gasteiger partial charge >= 0.3 is 0 Å². The summed E-state index contributed by atoms with van der Waals surface area (Å²) in [6.45, 7) is 0.0429. The minimum absolute atomic E-state index is 0.0429. The first-order chi connectivity index (χ1) is 11.5. The number of hydrogen-bond acceptors (Lipinski definition) is 2. The number of hydrogen-bond donors (Lipinski definition) is 1. The summed E-state index contributed by atoms with van der Waals surface area (Å²) in [7, 11) is 0. The molecule has 2 aromatic rings. The van der Waals surface area contributed by atoms with E-state index in [2.05, 4.69) is 27.9 Å². The van der Waals surface area contributed by atoms with Crippen LogP contribution >= 0.6 is 22.6 Å². The average molecular weight is 438 g/mol. The Morgan fingerprint density at radius 3 is 2.46 bits per heavy atom. The van der Waals surface area contributed by atoms with Gasteiger partial charge in [0.1, 0.15) is 22.5 Å². The van der Waals surface area contributed by atoms with Crippen molar-refractivity contribution in [3.05, 3.63) is 71.5 Å². The highest BCUT2D eigenvalue weighted by molar-refractivity contribution is 14.1. The third-order valence-electron chi connectivity index (χ3n) is 3.93. The van der Waals surface area contributed by atoms with Crippen molar-refractivity contribution in [3.63, 3.8) is 0 Å². The van der Waals surface area contributed by atoms with E-state index in [-0.39, 0.29) is 28.2 Å². The highest BCUT2D eigenvalue weighted by Gasteiger charge is 2.36. The highest BCUT2D eigenvalue weighted by atomic mass is 127. The molecule has 0 aliphatic carbocycles. The van der Waals surface area contributed by atoms with E-state index in [1.807, 2.05) is 30.3 Å². The molecule has 0 spiro atoms. The summed E-state index contributed by atoms with van der Waals surface area (Å²) in [6, 6.07) is 14.9. The molecule has 0 aromatic heterocycles. The normalized spacial score (nSPS) is 19.1. The van der Waals surface area contributed by atoms with E-state index in [1.54, 1.807) is 17.0 Å². The molecule has 2 aromatic carbocycles. The number of piperazine rings is 1. The molecule has 124 valence electrons. The summed E-state index contributed by atoms with van der Waals surface area (Å²) in [5.74, 6) is -0.628. The second kappa shape index (κ2) is 7.29. The fraction of sp³-hybridized carbons (Fsp3) is 0.222. The molecular formula is C18H16FIN2O2. The maximum Gasteiger partial charge on any atom is 0.247 e. The maximum atomic E-state index is 13.0. The Morgan fingerprint density at radius 1 is 1.12 bits per heavy atom. The average Bonchev–Trinajstić information content (AvgIpc) is 2.60. The van der Waals surface area contributed by atoms with Gasteiger partial charge in [-0.05, 0) is 23.3 Å². The Hall–Kier alpha value is -1.96. The predicted octanol–water partition coefficient (Wildman–Crippen LogP) is 2.83. The molecule has 1 heterocycles. The monoisotopic (exact) mass is 438 g/mol. The summed E-state index contributed by atoms with van der Waals surface area (Å²) in [5, 5.41) is 2.74. The van der Waals surface area contributed by atoms with Crippen LogP contribution in [0.1, 0.15) is 15.2 Å². The van der Waals surface area contributed by atoms with Crippen molar-refractivity contribution >= 4 is 34.4 Å². The number of alkyl halides is 1. The van der Waals surface area contributed by atoms with Crippen molar-refractivity contribution in [2.24, 2.45) is 0 Å². The summed E-state index contributed by atoms with van der Waals surface area (Å²) in [5.41, 5.74) is 1.78. The molecule has 1 N–H and O–H groups in total. The van der Waals surface area contributed by atoms with Crippen LogP contribution in [0.15, 0.2) is 54.6 Å². The number of nitrogens with one attached hydrogen (secondary N) is 1. The standard InChI is InChI=1S/C18H16FIN2O2/c19-14-8-6-12(7-9-14)10-15-18(24)22(11-16(23)21-15)17(20)13-4-2-1-3-5-13/h1-9,15,17H,10-11H2,(H,21,23)/t15-,17?/m1/s1. The Kier molecular flexibility index (Phi) is 5.13. The van der Waals surface area contributed by atoms with E-state index in [0.717, 1.165) is 11.1 Å². The third kappa shape index (κ3) is 3.75. The summed E-state index contributed by atoms with van der Waals surface area (Å²) >= 11 is 2.17. The van der Waals surface area contributed by atoms with Gasteiger partial charge in [0.2, 0.25) is 11.8 Å². The number of carbonyl (C=O) groups excluding carboxylic acids is 2. The van der Waals surface area contributed by atoms with Gasteiger partial charge in [-0.2, -0.15) is 0 Å². The molecule has 2 atom stereocenters. The van der Waals surface area contributed by atoms with Crippen molar-refractivity contribution < 1.29 is 14.0 Å². The van der Waals surface area contributed by atoms with Gasteiger partial charge < -0.3 is 10.2 Å². The lowest BCUT2D eigenvalue weighted by Crippen LogP contribution is -2.58. The van der Waals surface area contributed by atoms with Crippen LogP contribution in [0.3, 0.4) is 0 Å². The molecule has 1 unspecified atom stereocenters. The lowest BCUT2D eigenvalue weighted by molar-refractivity contribution is -0.144. The smallest absolute Gasteiger partial charge is 0.247 e. The lowest BCUT2D eigenvalue weighted by Gasteiger charge is -2.35. The zero-order chi connectivity index (χ0) is 17.1. The van der Waals surface area contributed by atoms with Crippen molar-refractivity contribution in [1.82, 2.24) is 10.2 Å². The van der Waals surface area contributed by atoms with Crippen LogP contribution in [-0.2, 0) is 16.0 Å². The first kappa shape index (κ1) is 16.9. The minimum atomic E-state index is -0.627. The number of benzene rings is 2. The summed E-state index contributed by atoms with van der Waals surface area (Å²) in [4.78, 5) is 26.4. The van der Waals surface area contributed by atoms with Crippen molar-refractivity contribution in [2.75, 3.05) is 6.54 Å². The molecule has 4 nitrogen and oxygen atoms in total. The van der Waals surface area contributed by atoms with Crippen LogP contribution in [0.2, 0.25) is 0 Å². The van der Waals surface area contributed by atoms with Crippen LogP contribution in [0.25, 0.3) is 0 Å². The Bertz CT molecular complexity index is 736. The number of carbonyl (C=O) groups is 2. The zero-order valence-electron chi connectivity index (χ0n) is 12.8. The Labute approximate surface area is 153 Å². The van der Waals surface area contributed by atoms with E-state index in [9.17, 15) is 14.0 Å². The minimum Gasteiger partial charge on any atom is -0.342 e.